The second kappa shape index (κ2) is 6.60. The van der Waals surface area contributed by atoms with Gasteiger partial charge in [0.1, 0.15) is 5.82 Å². The van der Waals surface area contributed by atoms with Gasteiger partial charge in [-0.15, -0.1) is 0 Å². The van der Waals surface area contributed by atoms with Crippen LogP contribution >= 0.6 is 22.6 Å². The Morgan fingerprint density at radius 1 is 1.37 bits per heavy atom. The van der Waals surface area contributed by atoms with Gasteiger partial charge in [-0.05, 0) is 58.8 Å². The molecule has 0 aliphatic heterocycles. The Kier molecular flexibility index (Phi) is 4.84. The summed E-state index contributed by atoms with van der Waals surface area (Å²) in [6.45, 7) is 0.526. The van der Waals surface area contributed by atoms with Crippen molar-refractivity contribution in [2.75, 3.05) is 6.54 Å². The molecule has 0 unspecified atom stereocenters. The van der Waals surface area contributed by atoms with Crippen LogP contribution in [-0.4, -0.2) is 17.4 Å². The predicted molar refractivity (Wildman–Crippen MR) is 79.4 cm³/mol. The van der Waals surface area contributed by atoms with Gasteiger partial charge in [-0.1, -0.05) is 6.07 Å². The van der Waals surface area contributed by atoms with E-state index in [1.807, 2.05) is 34.7 Å². The molecule has 0 bridgehead atoms. The first-order valence-corrected chi connectivity index (χ1v) is 6.87. The van der Waals surface area contributed by atoms with Crippen LogP contribution in [0, 0.1) is 9.39 Å². The van der Waals surface area contributed by atoms with E-state index in [1.165, 1.54) is 18.2 Å². The minimum atomic E-state index is -0.337. The van der Waals surface area contributed by atoms with Crippen LogP contribution < -0.4 is 5.32 Å². The largest absolute Gasteiger partial charge is 0.352 e. The van der Waals surface area contributed by atoms with E-state index in [1.54, 1.807) is 12.4 Å². The van der Waals surface area contributed by atoms with Crippen molar-refractivity contribution in [1.82, 2.24) is 10.3 Å². The molecule has 0 fully saturated rings. The first-order valence-electron chi connectivity index (χ1n) is 5.79. The molecule has 0 spiro atoms. The molecule has 0 radical (unpaired) electrons. The van der Waals surface area contributed by atoms with Gasteiger partial charge in [0.2, 0.25) is 0 Å². The summed E-state index contributed by atoms with van der Waals surface area (Å²) in [5.74, 6) is -0.524. The molecule has 1 aromatic carbocycles. The number of rotatable bonds is 4. The lowest BCUT2D eigenvalue weighted by atomic mass is 10.2. The van der Waals surface area contributed by atoms with Crippen LogP contribution in [0.5, 0.6) is 0 Å². The molecular weight excluding hydrogens is 358 g/mol. The van der Waals surface area contributed by atoms with E-state index in [4.69, 9.17) is 0 Å². The summed E-state index contributed by atoms with van der Waals surface area (Å²) in [5, 5.41) is 2.81. The summed E-state index contributed by atoms with van der Waals surface area (Å²) >= 11 is 1.95. The Hall–Kier alpha value is -1.50. The van der Waals surface area contributed by atoms with E-state index in [0.717, 1.165) is 12.0 Å². The molecular formula is C14H12FIN2O. The molecule has 0 saturated heterocycles. The molecule has 1 amide bonds. The van der Waals surface area contributed by atoms with Crippen LogP contribution in [0.15, 0.2) is 42.7 Å². The molecule has 19 heavy (non-hydrogen) atoms. The number of nitrogens with zero attached hydrogens (tertiary/aromatic N) is 1. The molecule has 0 saturated carbocycles. The first-order chi connectivity index (χ1) is 9.16. The molecule has 5 heteroatoms. The smallest absolute Gasteiger partial charge is 0.252 e. The summed E-state index contributed by atoms with van der Waals surface area (Å²) in [4.78, 5) is 15.9. The SMILES string of the molecule is O=C(NCCc1cccnc1)c1ccc(F)cc1I. The van der Waals surface area contributed by atoms with Crippen LogP contribution in [0.4, 0.5) is 4.39 Å². The Balaban J connectivity index is 1.91. The zero-order valence-corrected chi connectivity index (χ0v) is 12.2. The van der Waals surface area contributed by atoms with E-state index >= 15 is 0 Å². The van der Waals surface area contributed by atoms with Crippen LogP contribution in [0.25, 0.3) is 0 Å². The average molecular weight is 370 g/mol. The number of aromatic nitrogens is 1. The van der Waals surface area contributed by atoms with E-state index in [9.17, 15) is 9.18 Å². The highest BCUT2D eigenvalue weighted by Crippen LogP contribution is 2.13. The summed E-state index contributed by atoms with van der Waals surface area (Å²) < 4.78 is 13.5. The van der Waals surface area contributed by atoms with Gasteiger partial charge in [0.15, 0.2) is 0 Å². The maximum Gasteiger partial charge on any atom is 0.252 e. The third-order valence-corrected chi connectivity index (χ3v) is 3.49. The van der Waals surface area contributed by atoms with E-state index in [0.29, 0.717) is 15.7 Å². The van der Waals surface area contributed by atoms with E-state index < -0.39 is 0 Å². The second-order valence-electron chi connectivity index (χ2n) is 3.99. The fourth-order valence-corrected chi connectivity index (χ4v) is 2.36. The van der Waals surface area contributed by atoms with Crippen molar-refractivity contribution in [3.05, 3.63) is 63.2 Å². The van der Waals surface area contributed by atoms with Gasteiger partial charge in [-0.2, -0.15) is 0 Å². The van der Waals surface area contributed by atoms with Crippen molar-refractivity contribution in [2.45, 2.75) is 6.42 Å². The van der Waals surface area contributed by atoms with Crippen LogP contribution in [0.3, 0.4) is 0 Å². The van der Waals surface area contributed by atoms with Crippen molar-refractivity contribution in [2.24, 2.45) is 0 Å². The number of benzene rings is 1. The number of hydrogen-bond acceptors (Lipinski definition) is 2. The van der Waals surface area contributed by atoms with Gasteiger partial charge in [-0.3, -0.25) is 9.78 Å². The molecule has 1 aromatic heterocycles. The molecule has 0 aliphatic rings. The van der Waals surface area contributed by atoms with Crippen molar-refractivity contribution >= 4 is 28.5 Å². The lowest BCUT2D eigenvalue weighted by Crippen LogP contribution is -2.26. The van der Waals surface area contributed by atoms with Crippen LogP contribution in [-0.2, 0) is 6.42 Å². The van der Waals surface area contributed by atoms with Crippen LogP contribution in [0.2, 0.25) is 0 Å². The fourth-order valence-electron chi connectivity index (χ4n) is 1.64. The molecule has 2 rings (SSSR count). The quantitative estimate of drug-likeness (QED) is 0.842. The van der Waals surface area contributed by atoms with Crippen molar-refractivity contribution < 1.29 is 9.18 Å². The highest BCUT2D eigenvalue weighted by molar-refractivity contribution is 14.1. The monoisotopic (exact) mass is 370 g/mol. The summed E-state index contributed by atoms with van der Waals surface area (Å²) in [6.07, 6.45) is 4.20. The van der Waals surface area contributed by atoms with Crippen LogP contribution in [0.1, 0.15) is 15.9 Å². The fraction of sp³-hybridized carbons (Fsp3) is 0.143. The number of pyridine rings is 1. The predicted octanol–water partition coefficient (Wildman–Crippen LogP) is 2.80. The van der Waals surface area contributed by atoms with Gasteiger partial charge in [0.05, 0.1) is 5.56 Å². The van der Waals surface area contributed by atoms with Gasteiger partial charge in [0, 0.05) is 22.5 Å². The summed E-state index contributed by atoms with van der Waals surface area (Å²) in [6, 6.07) is 7.95. The van der Waals surface area contributed by atoms with Gasteiger partial charge in [-0.25, -0.2) is 4.39 Å². The minimum absolute atomic E-state index is 0.187. The maximum absolute atomic E-state index is 12.9. The average Bonchev–Trinajstić information content (AvgIpc) is 2.39. The molecule has 1 heterocycles. The molecule has 0 atom stereocenters. The first kappa shape index (κ1) is 13.9. The molecule has 3 nitrogen and oxygen atoms in total. The summed E-state index contributed by atoms with van der Waals surface area (Å²) in [5.41, 5.74) is 1.56. The Labute approximate surface area is 124 Å². The zero-order chi connectivity index (χ0) is 13.7. The lowest BCUT2D eigenvalue weighted by molar-refractivity contribution is 0.0953. The van der Waals surface area contributed by atoms with Crippen molar-refractivity contribution in [3.63, 3.8) is 0 Å². The number of carbonyl (C=O) groups is 1. The second-order valence-corrected chi connectivity index (χ2v) is 5.15. The van der Waals surface area contributed by atoms with Crippen molar-refractivity contribution in [3.8, 4) is 0 Å². The highest BCUT2D eigenvalue weighted by Gasteiger charge is 2.09. The number of halogens is 2. The lowest BCUT2D eigenvalue weighted by Gasteiger charge is -2.07. The molecule has 0 aliphatic carbocycles. The molecule has 1 N–H and O–H groups in total. The van der Waals surface area contributed by atoms with Gasteiger partial charge in [0.25, 0.3) is 5.91 Å². The standard InChI is InChI=1S/C14H12FIN2O/c15-11-3-4-12(13(16)8-11)14(19)18-7-5-10-2-1-6-17-9-10/h1-4,6,8-9H,5,7H2,(H,18,19). The Bertz CT molecular complexity index is 575. The van der Waals surface area contributed by atoms with E-state index in [2.05, 4.69) is 10.3 Å². The zero-order valence-electron chi connectivity index (χ0n) is 10.1. The topological polar surface area (TPSA) is 42.0 Å². The number of amides is 1. The number of carbonyl (C=O) groups excluding carboxylic acids is 1. The highest BCUT2D eigenvalue weighted by atomic mass is 127. The van der Waals surface area contributed by atoms with E-state index in [-0.39, 0.29) is 11.7 Å². The normalized spacial score (nSPS) is 10.2. The van der Waals surface area contributed by atoms with Crippen molar-refractivity contribution in [1.29, 1.82) is 0 Å². The number of hydrogen-bond donors (Lipinski definition) is 1. The third kappa shape index (κ3) is 3.99. The third-order valence-electron chi connectivity index (χ3n) is 2.60. The summed E-state index contributed by atoms with van der Waals surface area (Å²) in [7, 11) is 0. The Morgan fingerprint density at radius 3 is 2.89 bits per heavy atom. The molecule has 2 aromatic rings. The maximum atomic E-state index is 12.9. The van der Waals surface area contributed by atoms with Gasteiger partial charge < -0.3 is 5.32 Å². The molecule has 98 valence electrons. The minimum Gasteiger partial charge on any atom is -0.352 e. The Morgan fingerprint density at radius 2 is 2.21 bits per heavy atom. The van der Waals surface area contributed by atoms with Gasteiger partial charge >= 0.3 is 0 Å². The number of nitrogens with one attached hydrogen (secondary N) is 1.